The van der Waals surface area contributed by atoms with E-state index >= 15 is 0 Å². The van der Waals surface area contributed by atoms with Crippen molar-refractivity contribution in [1.29, 1.82) is 5.26 Å². The van der Waals surface area contributed by atoms with Crippen molar-refractivity contribution in [3.05, 3.63) is 71.5 Å². The third-order valence-corrected chi connectivity index (χ3v) is 10.8. The fraction of sp³-hybridized carbons (Fsp3) is 0.436. The number of pyridine rings is 1. The lowest BCUT2D eigenvalue weighted by molar-refractivity contribution is -0.138. The van der Waals surface area contributed by atoms with Gasteiger partial charge in [0.25, 0.3) is 5.91 Å². The SMILES string of the molecule is CCc1cc(N2C(S)N(c3cnc(C#N)c(C(F)(F)F)c3)C(=O)C2(C)C)ccc1OCCN1CCN(CC(=O)Nc2cccc(NC3CCC(=O)NC3=O)c2)CC1. The van der Waals surface area contributed by atoms with Crippen LogP contribution in [0, 0.1) is 11.3 Å². The van der Waals surface area contributed by atoms with Crippen LogP contribution >= 0.6 is 12.6 Å². The monoisotopic (exact) mass is 807 g/mol. The van der Waals surface area contributed by atoms with Gasteiger partial charge in [0, 0.05) is 56.2 Å². The fourth-order valence-electron chi connectivity index (χ4n) is 7.22. The molecular formula is C39H44F3N9O5S. The molecule has 4 heterocycles. The number of halogens is 3. The van der Waals surface area contributed by atoms with Crippen molar-refractivity contribution in [3.8, 4) is 11.8 Å². The topological polar surface area (TPSA) is 163 Å². The zero-order chi connectivity index (χ0) is 41.1. The maximum atomic E-state index is 13.7. The van der Waals surface area contributed by atoms with Gasteiger partial charge in [0.15, 0.2) is 11.2 Å². The number of aryl methyl sites for hydroxylation is 1. The molecule has 3 aliphatic rings. The lowest BCUT2D eigenvalue weighted by atomic mass is 10.0. The lowest BCUT2D eigenvalue weighted by Crippen LogP contribution is -2.49. The molecule has 1 aromatic heterocycles. The van der Waals surface area contributed by atoms with Crippen molar-refractivity contribution < 1.29 is 37.1 Å². The summed E-state index contributed by atoms with van der Waals surface area (Å²) in [4.78, 5) is 61.0. The van der Waals surface area contributed by atoms with Gasteiger partial charge < -0.3 is 20.3 Å². The predicted molar refractivity (Wildman–Crippen MR) is 210 cm³/mol. The maximum absolute atomic E-state index is 13.7. The molecule has 0 radical (unpaired) electrons. The van der Waals surface area contributed by atoms with Gasteiger partial charge in [-0.25, -0.2) is 4.98 Å². The number of aromatic nitrogens is 1. The smallest absolute Gasteiger partial charge is 0.419 e. The van der Waals surface area contributed by atoms with Crippen LogP contribution in [-0.4, -0.2) is 101 Å². The number of rotatable bonds is 12. The molecule has 6 rings (SSSR count). The molecule has 3 N–H and O–H groups in total. The van der Waals surface area contributed by atoms with Gasteiger partial charge >= 0.3 is 6.18 Å². The first-order valence-electron chi connectivity index (χ1n) is 18.6. The minimum Gasteiger partial charge on any atom is -0.492 e. The Morgan fingerprint density at radius 1 is 1.05 bits per heavy atom. The molecular weight excluding hydrogens is 764 g/mol. The molecule has 0 bridgehead atoms. The Kier molecular flexibility index (Phi) is 12.3. The number of nitrogens with zero attached hydrogens (tertiary/aromatic N) is 6. The Hall–Kier alpha value is -5.38. The van der Waals surface area contributed by atoms with Crippen molar-refractivity contribution >= 4 is 59.0 Å². The number of ether oxygens (including phenoxy) is 1. The highest BCUT2D eigenvalue weighted by molar-refractivity contribution is 7.81. The first-order valence-corrected chi connectivity index (χ1v) is 19.1. The molecule has 0 aliphatic carbocycles. The van der Waals surface area contributed by atoms with Crippen LogP contribution in [-0.2, 0) is 31.8 Å². The van der Waals surface area contributed by atoms with E-state index in [9.17, 15) is 37.6 Å². The second kappa shape index (κ2) is 17.0. The highest BCUT2D eigenvalue weighted by Gasteiger charge is 2.52. The van der Waals surface area contributed by atoms with Crippen LogP contribution in [0.2, 0.25) is 0 Å². The van der Waals surface area contributed by atoms with Crippen molar-refractivity contribution in [3.63, 3.8) is 0 Å². The van der Waals surface area contributed by atoms with E-state index in [-0.39, 0.29) is 36.4 Å². The molecule has 18 heteroatoms. The minimum atomic E-state index is -4.84. The molecule has 3 aliphatic heterocycles. The molecule has 14 nitrogen and oxygen atoms in total. The third kappa shape index (κ3) is 9.27. The van der Waals surface area contributed by atoms with Crippen LogP contribution < -0.4 is 30.5 Å². The number of benzene rings is 2. The zero-order valence-corrected chi connectivity index (χ0v) is 32.6. The Labute approximate surface area is 333 Å². The van der Waals surface area contributed by atoms with Gasteiger partial charge in [-0.15, -0.1) is 12.6 Å². The maximum Gasteiger partial charge on any atom is 0.419 e. The van der Waals surface area contributed by atoms with Gasteiger partial charge in [-0.3, -0.25) is 39.2 Å². The number of nitrogens with one attached hydrogen (secondary N) is 3. The minimum absolute atomic E-state index is 0.120. The van der Waals surface area contributed by atoms with Crippen molar-refractivity contribution in [2.45, 2.75) is 63.3 Å². The molecule has 2 atom stereocenters. The van der Waals surface area contributed by atoms with E-state index in [1.54, 1.807) is 49.1 Å². The Morgan fingerprint density at radius 3 is 2.46 bits per heavy atom. The molecule has 2 unspecified atom stereocenters. The number of amides is 4. The summed E-state index contributed by atoms with van der Waals surface area (Å²) in [7, 11) is 0. The number of piperazine rings is 1. The average Bonchev–Trinajstić information content (AvgIpc) is 3.34. The number of anilines is 4. The number of carbonyl (C=O) groups is 4. The van der Waals surface area contributed by atoms with Crippen LogP contribution in [0.4, 0.5) is 35.9 Å². The number of imide groups is 1. The van der Waals surface area contributed by atoms with E-state index in [1.807, 2.05) is 19.1 Å². The lowest BCUT2D eigenvalue weighted by Gasteiger charge is -2.34. The second-order valence-corrected chi connectivity index (χ2v) is 15.0. The number of thiol groups is 1. The molecule has 302 valence electrons. The van der Waals surface area contributed by atoms with Crippen LogP contribution in [0.15, 0.2) is 54.7 Å². The summed E-state index contributed by atoms with van der Waals surface area (Å²) < 4.78 is 47.4. The summed E-state index contributed by atoms with van der Waals surface area (Å²) in [5.74, 6) is -0.606. The van der Waals surface area contributed by atoms with Gasteiger partial charge in [0.2, 0.25) is 17.7 Å². The van der Waals surface area contributed by atoms with Crippen molar-refractivity contribution in [2.75, 3.05) is 66.3 Å². The summed E-state index contributed by atoms with van der Waals surface area (Å²) in [5, 5.41) is 17.5. The summed E-state index contributed by atoms with van der Waals surface area (Å²) in [6.07, 6.45) is -2.48. The molecule has 3 aromatic rings. The van der Waals surface area contributed by atoms with E-state index in [4.69, 9.17) is 4.74 Å². The normalized spacial score (nSPS) is 20.3. The predicted octanol–water partition coefficient (Wildman–Crippen LogP) is 4.23. The van der Waals surface area contributed by atoms with Gasteiger partial charge in [0.1, 0.15) is 30.0 Å². The van der Waals surface area contributed by atoms with Gasteiger partial charge in [-0.1, -0.05) is 13.0 Å². The van der Waals surface area contributed by atoms with Crippen LogP contribution in [0.5, 0.6) is 5.75 Å². The fourth-order valence-corrected chi connectivity index (χ4v) is 7.88. The Balaban J connectivity index is 0.992. The van der Waals surface area contributed by atoms with E-state index in [1.165, 1.54) is 6.07 Å². The number of piperidine rings is 1. The van der Waals surface area contributed by atoms with Gasteiger partial charge in [-0.05, 0) is 74.7 Å². The first kappa shape index (κ1) is 41.3. The van der Waals surface area contributed by atoms with Crippen LogP contribution in [0.1, 0.15) is 50.4 Å². The van der Waals surface area contributed by atoms with Gasteiger partial charge in [-0.2, -0.15) is 18.4 Å². The highest BCUT2D eigenvalue weighted by Crippen LogP contribution is 2.42. The molecule has 0 spiro atoms. The first-order chi connectivity index (χ1) is 27.1. The summed E-state index contributed by atoms with van der Waals surface area (Å²) in [5.41, 5.74) is -1.50. The second-order valence-electron chi connectivity index (χ2n) is 14.5. The molecule has 3 fully saturated rings. The van der Waals surface area contributed by atoms with E-state index < -0.39 is 40.4 Å². The molecule has 57 heavy (non-hydrogen) atoms. The Morgan fingerprint density at radius 2 is 1.77 bits per heavy atom. The van der Waals surface area contributed by atoms with E-state index in [2.05, 4.69) is 43.4 Å². The largest absolute Gasteiger partial charge is 0.492 e. The van der Waals surface area contributed by atoms with Gasteiger partial charge in [0.05, 0.1) is 24.0 Å². The Bertz CT molecular complexity index is 2070. The molecule has 4 amide bonds. The molecule has 2 aromatic carbocycles. The number of carbonyl (C=O) groups excluding carboxylic acids is 4. The van der Waals surface area contributed by atoms with E-state index in [0.29, 0.717) is 61.9 Å². The van der Waals surface area contributed by atoms with Crippen LogP contribution in [0.3, 0.4) is 0 Å². The summed E-state index contributed by atoms with van der Waals surface area (Å²) >= 11 is 4.69. The van der Waals surface area contributed by atoms with Crippen LogP contribution in [0.25, 0.3) is 0 Å². The average molecular weight is 808 g/mol. The number of alkyl halides is 3. The number of hydrogen-bond donors (Lipinski definition) is 4. The number of hydrogen-bond acceptors (Lipinski definition) is 12. The summed E-state index contributed by atoms with van der Waals surface area (Å²) in [6.45, 7) is 9.52. The quantitative estimate of drug-likeness (QED) is 0.153. The van der Waals surface area contributed by atoms with Crippen molar-refractivity contribution in [1.82, 2.24) is 20.1 Å². The van der Waals surface area contributed by atoms with E-state index in [0.717, 1.165) is 35.8 Å². The summed E-state index contributed by atoms with van der Waals surface area (Å²) in [6, 6.07) is 14.3. The number of nitriles is 1. The zero-order valence-electron chi connectivity index (χ0n) is 31.7. The third-order valence-electron chi connectivity index (χ3n) is 10.3. The highest BCUT2D eigenvalue weighted by atomic mass is 32.1. The molecule has 0 saturated carbocycles. The molecule has 3 saturated heterocycles. The standard InChI is InChI=1S/C39H44F3N9O5S/c1-4-24-18-27(51-37(57)50(36(55)38(51,2)3)28-20-29(39(40,41)42)31(21-43)44-22-28)8-10-32(24)56-17-16-48-12-14-49(15-13-48)23-34(53)46-26-7-5-6-25(19-26)45-30-9-11-33(52)47-35(30)54/h5-8,10,18-20,22,30,37,45,57H,4,9,11-17,23H2,1-3H3,(H,46,53)(H,47,52,54). The van der Waals surface area contributed by atoms with Crippen molar-refractivity contribution in [2.24, 2.45) is 0 Å².